The zero-order valence-corrected chi connectivity index (χ0v) is 11.0. The fourth-order valence-corrected chi connectivity index (χ4v) is 2.63. The second-order valence-corrected chi connectivity index (χ2v) is 6.96. The Bertz CT molecular complexity index is 558. The Morgan fingerprint density at radius 1 is 1.56 bits per heavy atom. The Morgan fingerprint density at radius 3 is 2.72 bits per heavy atom. The van der Waals surface area contributed by atoms with Crippen LogP contribution in [0.15, 0.2) is 6.20 Å². The standard InChI is InChI=1S/C11H16N2O4S/c1-2-18(16,17)6-5-13-10(8-3-4-8)9(7-12-13)11(14)15/h7-8H,2-6H2,1H3,(H,14,15). The summed E-state index contributed by atoms with van der Waals surface area (Å²) in [5.74, 6) is -0.674. The molecular formula is C11H16N2O4S. The van der Waals surface area contributed by atoms with Gasteiger partial charge in [-0.2, -0.15) is 5.10 Å². The Kier molecular flexibility index (Phi) is 3.43. The molecule has 1 saturated carbocycles. The maximum Gasteiger partial charge on any atom is 0.339 e. The van der Waals surface area contributed by atoms with Crippen LogP contribution in [0.3, 0.4) is 0 Å². The predicted molar refractivity (Wildman–Crippen MR) is 65.5 cm³/mol. The van der Waals surface area contributed by atoms with E-state index >= 15 is 0 Å². The maximum absolute atomic E-state index is 11.5. The molecule has 0 spiro atoms. The highest BCUT2D eigenvalue weighted by molar-refractivity contribution is 7.91. The van der Waals surface area contributed by atoms with Crippen LogP contribution in [0.2, 0.25) is 0 Å². The molecule has 0 unspecified atom stereocenters. The van der Waals surface area contributed by atoms with E-state index in [1.807, 2.05) is 0 Å². The molecule has 1 aromatic heterocycles. The highest BCUT2D eigenvalue weighted by Crippen LogP contribution is 2.41. The molecule has 0 aliphatic heterocycles. The van der Waals surface area contributed by atoms with Crippen LogP contribution < -0.4 is 0 Å². The lowest BCUT2D eigenvalue weighted by atomic mass is 10.2. The van der Waals surface area contributed by atoms with Crippen molar-refractivity contribution >= 4 is 15.8 Å². The van der Waals surface area contributed by atoms with Crippen LogP contribution in [0.5, 0.6) is 0 Å². The molecule has 0 radical (unpaired) electrons. The first-order valence-corrected chi connectivity index (χ1v) is 7.76. The van der Waals surface area contributed by atoms with Gasteiger partial charge in [-0.1, -0.05) is 6.92 Å². The molecule has 1 N–H and O–H groups in total. The van der Waals surface area contributed by atoms with Crippen LogP contribution in [-0.4, -0.2) is 40.8 Å². The smallest absolute Gasteiger partial charge is 0.339 e. The number of carboxylic acids is 1. The number of sulfone groups is 1. The van der Waals surface area contributed by atoms with Crippen LogP contribution in [0, 0.1) is 0 Å². The Labute approximate surface area is 106 Å². The summed E-state index contributed by atoms with van der Waals surface area (Å²) in [6.45, 7) is 1.83. The Hall–Kier alpha value is -1.37. The summed E-state index contributed by atoms with van der Waals surface area (Å²) in [5, 5.41) is 13.1. The lowest BCUT2D eigenvalue weighted by molar-refractivity contribution is 0.0695. The highest BCUT2D eigenvalue weighted by atomic mass is 32.2. The van der Waals surface area contributed by atoms with Gasteiger partial charge in [0.25, 0.3) is 0 Å². The quantitative estimate of drug-likeness (QED) is 0.830. The van der Waals surface area contributed by atoms with Crippen molar-refractivity contribution in [3.63, 3.8) is 0 Å². The highest BCUT2D eigenvalue weighted by Gasteiger charge is 2.32. The Balaban J connectivity index is 2.21. The van der Waals surface area contributed by atoms with Crippen molar-refractivity contribution < 1.29 is 18.3 Å². The van der Waals surface area contributed by atoms with Gasteiger partial charge in [0.2, 0.25) is 0 Å². The average molecular weight is 272 g/mol. The molecule has 0 saturated heterocycles. The molecule has 6 nitrogen and oxygen atoms in total. The topological polar surface area (TPSA) is 89.3 Å². The molecule has 1 heterocycles. The number of aryl methyl sites for hydroxylation is 1. The molecule has 1 fully saturated rings. The van der Waals surface area contributed by atoms with Crippen LogP contribution in [0.4, 0.5) is 0 Å². The third-order valence-electron chi connectivity index (χ3n) is 3.13. The third kappa shape index (κ3) is 2.72. The summed E-state index contributed by atoms with van der Waals surface area (Å²) in [5.41, 5.74) is 0.875. The number of aromatic nitrogens is 2. The monoisotopic (exact) mass is 272 g/mol. The minimum atomic E-state index is -3.06. The largest absolute Gasteiger partial charge is 0.478 e. The number of rotatable bonds is 6. The zero-order chi connectivity index (χ0) is 13.3. The molecule has 0 aromatic carbocycles. The first kappa shape index (κ1) is 13.1. The normalized spacial score (nSPS) is 15.8. The molecule has 0 bridgehead atoms. The fraction of sp³-hybridized carbons (Fsp3) is 0.636. The van der Waals surface area contributed by atoms with Gasteiger partial charge in [0, 0.05) is 11.7 Å². The van der Waals surface area contributed by atoms with Crippen LogP contribution in [0.1, 0.15) is 41.7 Å². The van der Waals surface area contributed by atoms with Gasteiger partial charge >= 0.3 is 5.97 Å². The molecule has 0 amide bonds. The molecule has 1 aromatic rings. The molecule has 1 aliphatic rings. The maximum atomic E-state index is 11.5. The molecule has 18 heavy (non-hydrogen) atoms. The van der Waals surface area contributed by atoms with Gasteiger partial charge in [-0.15, -0.1) is 0 Å². The average Bonchev–Trinajstić information content (AvgIpc) is 3.06. The van der Waals surface area contributed by atoms with Gasteiger partial charge in [-0.05, 0) is 12.8 Å². The molecule has 0 atom stereocenters. The fourth-order valence-electron chi connectivity index (χ4n) is 1.90. The van der Waals surface area contributed by atoms with Crippen molar-refractivity contribution in [2.75, 3.05) is 11.5 Å². The summed E-state index contributed by atoms with van der Waals surface area (Å²) in [6, 6.07) is 0. The van der Waals surface area contributed by atoms with E-state index in [0.717, 1.165) is 12.8 Å². The summed E-state index contributed by atoms with van der Waals surface area (Å²) in [7, 11) is -3.06. The van der Waals surface area contributed by atoms with Gasteiger partial charge in [-0.25, -0.2) is 13.2 Å². The van der Waals surface area contributed by atoms with Crippen LogP contribution in [0.25, 0.3) is 0 Å². The van der Waals surface area contributed by atoms with Crippen LogP contribution in [-0.2, 0) is 16.4 Å². The number of nitrogens with zero attached hydrogens (tertiary/aromatic N) is 2. The molecule has 1 aliphatic carbocycles. The van der Waals surface area contributed by atoms with E-state index in [9.17, 15) is 13.2 Å². The van der Waals surface area contributed by atoms with E-state index < -0.39 is 15.8 Å². The lowest BCUT2D eigenvalue weighted by Crippen LogP contribution is -2.17. The summed E-state index contributed by atoms with van der Waals surface area (Å²) >= 11 is 0. The summed E-state index contributed by atoms with van der Waals surface area (Å²) in [6.07, 6.45) is 3.22. The van der Waals surface area contributed by atoms with Crippen molar-refractivity contribution in [3.05, 3.63) is 17.5 Å². The van der Waals surface area contributed by atoms with Crippen LogP contribution >= 0.6 is 0 Å². The number of carbonyl (C=O) groups is 1. The van der Waals surface area contributed by atoms with Gasteiger partial charge in [0.15, 0.2) is 9.84 Å². The zero-order valence-electron chi connectivity index (χ0n) is 10.2. The predicted octanol–water partition coefficient (Wildman–Crippen LogP) is 0.893. The lowest BCUT2D eigenvalue weighted by Gasteiger charge is -2.07. The molecule has 7 heteroatoms. The number of carboxylic acid groups (broad SMARTS) is 1. The van der Waals surface area contributed by atoms with Crippen molar-refractivity contribution in [2.45, 2.75) is 32.2 Å². The van der Waals surface area contributed by atoms with E-state index in [4.69, 9.17) is 5.11 Å². The molecule has 2 rings (SSSR count). The summed E-state index contributed by atoms with van der Waals surface area (Å²) < 4.78 is 24.4. The van der Waals surface area contributed by atoms with E-state index in [1.165, 1.54) is 10.9 Å². The van der Waals surface area contributed by atoms with E-state index in [1.54, 1.807) is 6.92 Å². The van der Waals surface area contributed by atoms with E-state index in [-0.39, 0.29) is 29.5 Å². The van der Waals surface area contributed by atoms with E-state index in [0.29, 0.717) is 5.69 Å². The minimum Gasteiger partial charge on any atom is -0.478 e. The Morgan fingerprint density at radius 2 is 2.22 bits per heavy atom. The van der Waals surface area contributed by atoms with Crippen molar-refractivity contribution in [2.24, 2.45) is 0 Å². The van der Waals surface area contributed by atoms with E-state index in [2.05, 4.69) is 5.10 Å². The molecular weight excluding hydrogens is 256 g/mol. The minimum absolute atomic E-state index is 0.00393. The van der Waals surface area contributed by atoms with Crippen molar-refractivity contribution in [1.29, 1.82) is 0 Å². The van der Waals surface area contributed by atoms with Crippen molar-refractivity contribution in [1.82, 2.24) is 9.78 Å². The number of hydrogen-bond donors (Lipinski definition) is 1. The second-order valence-electron chi connectivity index (χ2n) is 4.48. The van der Waals surface area contributed by atoms with Gasteiger partial charge in [-0.3, -0.25) is 4.68 Å². The SMILES string of the molecule is CCS(=O)(=O)CCn1ncc(C(=O)O)c1C1CC1. The van der Waals surface area contributed by atoms with Gasteiger partial charge in [0.1, 0.15) is 5.56 Å². The summed E-state index contributed by atoms with van der Waals surface area (Å²) in [4.78, 5) is 11.1. The number of aromatic carboxylic acids is 1. The van der Waals surface area contributed by atoms with Gasteiger partial charge < -0.3 is 5.11 Å². The van der Waals surface area contributed by atoms with Crippen molar-refractivity contribution in [3.8, 4) is 0 Å². The number of hydrogen-bond acceptors (Lipinski definition) is 4. The van der Waals surface area contributed by atoms with Gasteiger partial charge in [0.05, 0.1) is 24.2 Å². The second kappa shape index (κ2) is 4.72. The molecule has 100 valence electrons. The first-order valence-electron chi connectivity index (χ1n) is 5.94. The third-order valence-corrected chi connectivity index (χ3v) is 4.81. The first-order chi connectivity index (χ1) is 8.44.